The van der Waals surface area contributed by atoms with Gasteiger partial charge in [-0.1, -0.05) is 13.8 Å². The molecule has 0 heterocycles. The summed E-state index contributed by atoms with van der Waals surface area (Å²) in [5.41, 5.74) is -0.354. The summed E-state index contributed by atoms with van der Waals surface area (Å²) in [6, 6.07) is 0. The molecule has 0 aromatic rings. The second-order valence-electron chi connectivity index (χ2n) is 3.23. The Bertz CT molecular complexity index is 172. The van der Waals surface area contributed by atoms with E-state index in [-0.39, 0.29) is 11.2 Å². The van der Waals surface area contributed by atoms with Crippen LogP contribution in [-0.4, -0.2) is 20.4 Å². The van der Waals surface area contributed by atoms with E-state index >= 15 is 0 Å². The third kappa shape index (κ3) is 7.95. The van der Waals surface area contributed by atoms with Gasteiger partial charge in [-0.3, -0.25) is 0 Å². The molecule has 0 bridgehead atoms. The van der Waals surface area contributed by atoms with Gasteiger partial charge in [-0.25, -0.2) is 8.42 Å². The molecule has 2 nitrogen and oxygen atoms in total. The quantitative estimate of drug-likeness (QED) is 0.584. The normalized spacial score (nSPS) is 13.8. The molecule has 0 spiro atoms. The minimum Gasteiger partial charge on any atom is -0.229 e. The van der Waals surface area contributed by atoms with E-state index in [1.165, 1.54) is 6.26 Å². The maximum Gasteiger partial charge on any atom is 0.147 e. The number of hydrogen-bond acceptors (Lipinski definition) is 2. The van der Waals surface area contributed by atoms with Gasteiger partial charge in [0.05, 0.1) is 5.75 Å². The zero-order chi connectivity index (χ0) is 7.71. The average Bonchev–Trinajstić information content (AvgIpc) is 1.14. The van der Waals surface area contributed by atoms with Crippen molar-refractivity contribution in [2.75, 3.05) is 12.0 Å². The molecule has 0 rings (SSSR count). The molecule has 0 aliphatic carbocycles. The Morgan fingerprint density at radius 1 is 1.44 bits per heavy atom. The second kappa shape index (κ2) is 2.29. The molecule has 0 atom stereocenters. The zero-order valence-electron chi connectivity index (χ0n) is 6.14. The van der Waals surface area contributed by atoms with Gasteiger partial charge < -0.3 is 0 Å². The fourth-order valence-electron chi connectivity index (χ4n) is 0.710. The summed E-state index contributed by atoms with van der Waals surface area (Å²) in [5, 5.41) is 0. The lowest BCUT2D eigenvalue weighted by molar-refractivity contribution is 0.519. The fraction of sp³-hybridized carbons (Fsp3) is 0.833. The molecule has 0 unspecified atom stereocenters. The monoisotopic (exact) mass is 149 g/mol. The Morgan fingerprint density at radius 3 is 1.78 bits per heavy atom. The Balaban J connectivity index is 4.07. The van der Waals surface area contributed by atoms with Gasteiger partial charge in [0.1, 0.15) is 9.84 Å². The Labute approximate surface area is 57.2 Å². The van der Waals surface area contributed by atoms with Gasteiger partial charge in [-0.15, -0.1) is 0 Å². The van der Waals surface area contributed by atoms with E-state index in [1.54, 1.807) is 13.8 Å². The maximum atomic E-state index is 10.6. The van der Waals surface area contributed by atoms with Crippen molar-refractivity contribution >= 4 is 9.84 Å². The Morgan fingerprint density at radius 2 is 1.78 bits per heavy atom. The van der Waals surface area contributed by atoms with Crippen LogP contribution in [0, 0.1) is 12.3 Å². The van der Waals surface area contributed by atoms with Crippen molar-refractivity contribution in [1.82, 2.24) is 0 Å². The van der Waals surface area contributed by atoms with Gasteiger partial charge >= 0.3 is 0 Å². The van der Waals surface area contributed by atoms with Crippen LogP contribution in [0.25, 0.3) is 0 Å². The third-order valence-electron chi connectivity index (χ3n) is 0.653. The van der Waals surface area contributed by atoms with Gasteiger partial charge in [0.2, 0.25) is 0 Å². The molecule has 0 aromatic carbocycles. The molecule has 0 fully saturated rings. The molecule has 0 amide bonds. The molecular weight excluding hydrogens is 136 g/mol. The van der Waals surface area contributed by atoms with Gasteiger partial charge in [0, 0.05) is 6.26 Å². The molecule has 9 heavy (non-hydrogen) atoms. The predicted molar refractivity (Wildman–Crippen MR) is 38.8 cm³/mol. The van der Waals surface area contributed by atoms with E-state index in [0.29, 0.717) is 0 Å². The highest BCUT2D eigenvalue weighted by molar-refractivity contribution is 7.90. The van der Waals surface area contributed by atoms with Gasteiger partial charge in [-0.2, -0.15) is 0 Å². The van der Waals surface area contributed by atoms with Crippen LogP contribution in [0.1, 0.15) is 13.8 Å². The Hall–Kier alpha value is -0.0500. The summed E-state index contributed by atoms with van der Waals surface area (Å²) in [4.78, 5) is 0. The smallest absolute Gasteiger partial charge is 0.147 e. The van der Waals surface area contributed by atoms with Crippen molar-refractivity contribution in [3.8, 4) is 0 Å². The molecule has 0 saturated carbocycles. The van der Waals surface area contributed by atoms with Gasteiger partial charge in [0.15, 0.2) is 0 Å². The van der Waals surface area contributed by atoms with Crippen molar-refractivity contribution in [3.05, 3.63) is 6.92 Å². The minimum atomic E-state index is -2.84. The van der Waals surface area contributed by atoms with Crippen LogP contribution in [0.3, 0.4) is 0 Å². The van der Waals surface area contributed by atoms with Crippen molar-refractivity contribution < 1.29 is 8.42 Å². The summed E-state index contributed by atoms with van der Waals surface area (Å²) in [6.45, 7) is 7.28. The lowest BCUT2D eigenvalue weighted by Gasteiger charge is -2.15. The van der Waals surface area contributed by atoms with Crippen LogP contribution in [-0.2, 0) is 9.84 Å². The summed E-state index contributed by atoms with van der Waals surface area (Å²) in [5.74, 6) is 0.153. The van der Waals surface area contributed by atoms with Crippen LogP contribution in [0.4, 0.5) is 0 Å². The van der Waals surface area contributed by atoms with Gasteiger partial charge in [0.25, 0.3) is 0 Å². The largest absolute Gasteiger partial charge is 0.229 e. The standard InChI is InChI=1S/C6H13O2S/c1-6(2,3)5-9(4,7)8/h1,5H2,2-4H3. The predicted octanol–water partition coefficient (Wildman–Crippen LogP) is 0.891. The van der Waals surface area contributed by atoms with Crippen LogP contribution in [0.5, 0.6) is 0 Å². The van der Waals surface area contributed by atoms with E-state index < -0.39 is 9.84 Å². The molecule has 1 radical (unpaired) electrons. The van der Waals surface area contributed by atoms with Crippen LogP contribution >= 0.6 is 0 Å². The molecular formula is C6H13O2S. The first-order valence-electron chi connectivity index (χ1n) is 2.74. The molecule has 0 N–H and O–H groups in total. The molecule has 3 heteroatoms. The topological polar surface area (TPSA) is 34.1 Å². The molecule has 0 aliphatic rings. The van der Waals surface area contributed by atoms with Crippen molar-refractivity contribution in [3.63, 3.8) is 0 Å². The second-order valence-corrected chi connectivity index (χ2v) is 5.37. The summed E-state index contributed by atoms with van der Waals surface area (Å²) >= 11 is 0. The molecule has 0 aromatic heterocycles. The lowest BCUT2D eigenvalue weighted by Crippen LogP contribution is -2.19. The van der Waals surface area contributed by atoms with E-state index in [4.69, 9.17) is 0 Å². The fourth-order valence-corrected chi connectivity index (χ4v) is 2.13. The third-order valence-corrected chi connectivity index (χ3v) is 1.96. The lowest BCUT2D eigenvalue weighted by atomic mass is 10.0. The molecule has 0 aliphatic heterocycles. The van der Waals surface area contributed by atoms with Gasteiger partial charge in [-0.05, 0) is 12.3 Å². The average molecular weight is 149 g/mol. The van der Waals surface area contributed by atoms with E-state index in [0.717, 1.165) is 0 Å². The van der Waals surface area contributed by atoms with E-state index in [9.17, 15) is 8.42 Å². The zero-order valence-corrected chi connectivity index (χ0v) is 6.96. The summed E-state index contributed by atoms with van der Waals surface area (Å²) in [7, 11) is -2.84. The number of sulfone groups is 1. The molecule has 55 valence electrons. The SMILES string of the molecule is [CH2]C(C)(C)CS(C)(=O)=O. The summed E-state index contributed by atoms with van der Waals surface area (Å²) in [6.07, 6.45) is 1.22. The first-order chi connectivity index (χ1) is 3.71. The van der Waals surface area contributed by atoms with Crippen LogP contribution in [0.15, 0.2) is 0 Å². The minimum absolute atomic E-state index is 0.153. The van der Waals surface area contributed by atoms with Crippen molar-refractivity contribution in [2.24, 2.45) is 5.41 Å². The first-order valence-corrected chi connectivity index (χ1v) is 4.80. The number of rotatable bonds is 2. The van der Waals surface area contributed by atoms with Crippen LogP contribution in [0.2, 0.25) is 0 Å². The highest BCUT2D eigenvalue weighted by atomic mass is 32.2. The first kappa shape index (κ1) is 8.95. The number of hydrogen-bond donors (Lipinski definition) is 0. The Kier molecular flexibility index (Phi) is 2.28. The van der Waals surface area contributed by atoms with E-state index in [2.05, 4.69) is 6.92 Å². The maximum absolute atomic E-state index is 10.6. The highest BCUT2D eigenvalue weighted by Crippen LogP contribution is 2.14. The summed E-state index contributed by atoms with van der Waals surface area (Å²) < 4.78 is 21.2. The van der Waals surface area contributed by atoms with Crippen LogP contribution < -0.4 is 0 Å². The van der Waals surface area contributed by atoms with Crippen molar-refractivity contribution in [1.29, 1.82) is 0 Å². The van der Waals surface area contributed by atoms with Crippen molar-refractivity contribution in [2.45, 2.75) is 13.8 Å². The highest BCUT2D eigenvalue weighted by Gasteiger charge is 2.16. The van der Waals surface area contributed by atoms with E-state index in [1.807, 2.05) is 0 Å². The molecule has 0 saturated heterocycles.